The second kappa shape index (κ2) is 8.05. The van der Waals surface area contributed by atoms with Gasteiger partial charge in [0.1, 0.15) is 16.7 Å². The highest BCUT2D eigenvalue weighted by Gasteiger charge is 2.35. The molecular formula is C22H20N2O4S. The number of rotatable bonds is 5. The van der Waals surface area contributed by atoms with Crippen molar-refractivity contribution in [1.82, 2.24) is 5.01 Å². The van der Waals surface area contributed by atoms with Gasteiger partial charge in [0.25, 0.3) is 5.91 Å². The van der Waals surface area contributed by atoms with Crippen molar-refractivity contribution in [2.75, 3.05) is 6.61 Å². The molecule has 0 fully saturated rings. The van der Waals surface area contributed by atoms with Crippen LogP contribution in [-0.4, -0.2) is 29.2 Å². The number of amides is 1. The highest BCUT2D eigenvalue weighted by atomic mass is 32.1. The molecule has 0 spiro atoms. The van der Waals surface area contributed by atoms with E-state index in [9.17, 15) is 9.59 Å². The molecule has 7 heteroatoms. The number of carbonyl (C=O) groups is 2. The van der Waals surface area contributed by atoms with Gasteiger partial charge in [0.15, 0.2) is 6.61 Å². The van der Waals surface area contributed by atoms with Gasteiger partial charge in [-0.15, -0.1) is 11.3 Å². The third-order valence-corrected chi connectivity index (χ3v) is 5.67. The molecule has 0 radical (unpaired) electrons. The minimum Gasteiger partial charge on any atom is -0.467 e. The fraction of sp³-hybridized carbons (Fsp3) is 0.227. The van der Waals surface area contributed by atoms with E-state index in [0.717, 1.165) is 21.7 Å². The summed E-state index contributed by atoms with van der Waals surface area (Å²) in [5.41, 5.74) is 2.90. The summed E-state index contributed by atoms with van der Waals surface area (Å²) < 4.78 is 10.7. The Morgan fingerprint density at radius 1 is 1.17 bits per heavy atom. The zero-order valence-electron chi connectivity index (χ0n) is 16.1. The van der Waals surface area contributed by atoms with Crippen LogP contribution in [-0.2, 0) is 9.53 Å². The number of carbonyl (C=O) groups excluding carboxylic acids is 2. The standard InChI is InChI=1S/C22H20N2O4S/c1-14-5-8-16(9-6-14)17-12-18(19-4-3-11-27-19)24(23-17)21(25)13-28-22(26)20-10-7-15(2)29-20/h3-11,18H,12-13H2,1-2H3. The van der Waals surface area contributed by atoms with Gasteiger partial charge in [-0.3, -0.25) is 4.79 Å². The van der Waals surface area contributed by atoms with Crippen molar-refractivity contribution >= 4 is 28.9 Å². The zero-order chi connectivity index (χ0) is 20.4. The number of furan rings is 1. The van der Waals surface area contributed by atoms with E-state index in [1.54, 1.807) is 18.4 Å². The van der Waals surface area contributed by atoms with Crippen LogP contribution in [0.15, 0.2) is 64.3 Å². The van der Waals surface area contributed by atoms with E-state index in [0.29, 0.717) is 17.1 Å². The summed E-state index contributed by atoms with van der Waals surface area (Å²) in [6.07, 6.45) is 2.10. The molecule has 0 N–H and O–H groups in total. The highest BCUT2D eigenvalue weighted by molar-refractivity contribution is 7.13. The summed E-state index contributed by atoms with van der Waals surface area (Å²) in [6.45, 7) is 3.55. The van der Waals surface area contributed by atoms with Gasteiger partial charge in [-0.25, -0.2) is 9.80 Å². The Morgan fingerprint density at radius 2 is 1.97 bits per heavy atom. The van der Waals surface area contributed by atoms with Crippen LogP contribution in [0.5, 0.6) is 0 Å². The summed E-state index contributed by atoms with van der Waals surface area (Å²) in [4.78, 5) is 26.5. The highest BCUT2D eigenvalue weighted by Crippen LogP contribution is 2.33. The summed E-state index contributed by atoms with van der Waals surface area (Å²) >= 11 is 1.34. The Balaban J connectivity index is 1.52. The largest absolute Gasteiger partial charge is 0.467 e. The van der Waals surface area contributed by atoms with Gasteiger partial charge in [0.2, 0.25) is 0 Å². The van der Waals surface area contributed by atoms with Crippen molar-refractivity contribution in [2.24, 2.45) is 5.10 Å². The molecule has 0 bridgehead atoms. The number of ether oxygens (including phenoxy) is 1. The molecule has 1 unspecified atom stereocenters. The SMILES string of the molecule is Cc1ccc(C2=NN(C(=O)COC(=O)c3ccc(C)s3)C(c3ccco3)C2)cc1. The summed E-state index contributed by atoms with van der Waals surface area (Å²) in [6, 6.07) is 14.8. The third kappa shape index (κ3) is 4.14. The first-order valence-corrected chi connectivity index (χ1v) is 10.1. The summed E-state index contributed by atoms with van der Waals surface area (Å²) in [5.74, 6) is -0.257. The first kappa shape index (κ1) is 19.1. The Kier molecular flexibility index (Phi) is 5.31. The second-order valence-corrected chi connectivity index (χ2v) is 8.16. The van der Waals surface area contributed by atoms with Crippen LogP contribution in [0.3, 0.4) is 0 Å². The zero-order valence-corrected chi connectivity index (χ0v) is 16.9. The lowest BCUT2D eigenvalue weighted by molar-refractivity contribution is -0.136. The topological polar surface area (TPSA) is 72.1 Å². The normalized spacial score (nSPS) is 16.0. The Bertz CT molecular complexity index is 1050. The maximum atomic E-state index is 12.8. The van der Waals surface area contributed by atoms with E-state index in [4.69, 9.17) is 9.15 Å². The fourth-order valence-electron chi connectivity index (χ4n) is 3.17. The number of hydrogen-bond donors (Lipinski definition) is 0. The maximum Gasteiger partial charge on any atom is 0.348 e. The number of hydrazone groups is 1. The first-order chi connectivity index (χ1) is 14.0. The predicted octanol–water partition coefficient (Wildman–Crippen LogP) is 4.49. The molecule has 148 valence electrons. The lowest BCUT2D eigenvalue weighted by Gasteiger charge is -2.19. The van der Waals surface area contributed by atoms with E-state index in [1.807, 2.05) is 50.2 Å². The van der Waals surface area contributed by atoms with Crippen LogP contribution in [0.4, 0.5) is 0 Å². The molecule has 6 nitrogen and oxygen atoms in total. The van der Waals surface area contributed by atoms with Gasteiger partial charge in [-0.1, -0.05) is 29.8 Å². The smallest absolute Gasteiger partial charge is 0.348 e. The van der Waals surface area contributed by atoms with Crippen molar-refractivity contribution in [3.63, 3.8) is 0 Å². The van der Waals surface area contributed by atoms with Gasteiger partial charge in [-0.05, 0) is 43.7 Å². The summed E-state index contributed by atoms with van der Waals surface area (Å²) in [7, 11) is 0. The Labute approximate surface area is 172 Å². The van der Waals surface area contributed by atoms with Gasteiger partial charge < -0.3 is 9.15 Å². The molecule has 3 heterocycles. The van der Waals surface area contributed by atoms with Crippen LogP contribution >= 0.6 is 11.3 Å². The number of nitrogens with zero attached hydrogens (tertiary/aromatic N) is 2. The average molecular weight is 408 g/mol. The molecule has 4 rings (SSSR count). The van der Waals surface area contributed by atoms with E-state index >= 15 is 0 Å². The molecule has 0 aliphatic carbocycles. The molecule has 0 saturated heterocycles. The maximum absolute atomic E-state index is 12.8. The first-order valence-electron chi connectivity index (χ1n) is 9.25. The molecule has 1 aliphatic heterocycles. The Morgan fingerprint density at radius 3 is 2.62 bits per heavy atom. The lowest BCUT2D eigenvalue weighted by Crippen LogP contribution is -2.31. The van der Waals surface area contributed by atoms with Crippen molar-refractivity contribution in [2.45, 2.75) is 26.3 Å². The fourth-order valence-corrected chi connectivity index (χ4v) is 3.93. The molecule has 3 aromatic rings. The van der Waals surface area contributed by atoms with Gasteiger partial charge in [0, 0.05) is 11.3 Å². The molecule has 1 amide bonds. The summed E-state index contributed by atoms with van der Waals surface area (Å²) in [5, 5.41) is 5.89. The average Bonchev–Trinajstić information content (AvgIpc) is 3.46. The van der Waals surface area contributed by atoms with E-state index < -0.39 is 11.9 Å². The van der Waals surface area contributed by atoms with Crippen LogP contribution in [0.1, 0.15) is 43.9 Å². The van der Waals surface area contributed by atoms with Crippen LogP contribution < -0.4 is 0 Å². The monoisotopic (exact) mass is 408 g/mol. The van der Waals surface area contributed by atoms with Crippen molar-refractivity contribution in [3.05, 3.63) is 81.4 Å². The number of benzene rings is 1. The molecular weight excluding hydrogens is 388 g/mol. The van der Waals surface area contributed by atoms with E-state index in [-0.39, 0.29) is 12.6 Å². The molecule has 0 saturated carbocycles. The number of esters is 1. The molecule has 29 heavy (non-hydrogen) atoms. The van der Waals surface area contributed by atoms with Crippen molar-refractivity contribution in [3.8, 4) is 0 Å². The van der Waals surface area contributed by atoms with Crippen molar-refractivity contribution in [1.29, 1.82) is 0 Å². The van der Waals surface area contributed by atoms with Gasteiger partial charge in [0.05, 0.1) is 12.0 Å². The van der Waals surface area contributed by atoms with Crippen molar-refractivity contribution < 1.29 is 18.7 Å². The third-order valence-electron chi connectivity index (χ3n) is 4.69. The van der Waals surface area contributed by atoms with E-state index in [2.05, 4.69) is 5.10 Å². The quantitative estimate of drug-likeness (QED) is 0.583. The molecule has 1 aromatic carbocycles. The van der Waals surface area contributed by atoms with Crippen LogP contribution in [0.25, 0.3) is 0 Å². The number of thiophene rings is 1. The number of hydrogen-bond acceptors (Lipinski definition) is 6. The minimum absolute atomic E-state index is 0.364. The predicted molar refractivity (Wildman–Crippen MR) is 110 cm³/mol. The van der Waals surface area contributed by atoms with Crippen LogP contribution in [0.2, 0.25) is 0 Å². The van der Waals surface area contributed by atoms with Crippen LogP contribution in [0, 0.1) is 13.8 Å². The lowest BCUT2D eigenvalue weighted by atomic mass is 10.0. The second-order valence-electron chi connectivity index (χ2n) is 6.87. The van der Waals surface area contributed by atoms with Gasteiger partial charge in [-0.2, -0.15) is 5.10 Å². The minimum atomic E-state index is -0.507. The molecule has 2 aromatic heterocycles. The Hall–Kier alpha value is -3.19. The van der Waals surface area contributed by atoms with Gasteiger partial charge >= 0.3 is 5.97 Å². The molecule has 1 aliphatic rings. The molecule has 1 atom stereocenters. The van der Waals surface area contributed by atoms with E-state index in [1.165, 1.54) is 16.3 Å². The number of aryl methyl sites for hydroxylation is 2.